The van der Waals surface area contributed by atoms with Crippen molar-refractivity contribution in [3.8, 4) is 5.75 Å². The van der Waals surface area contributed by atoms with Crippen LogP contribution < -0.4 is 15.8 Å². The molecule has 0 aliphatic heterocycles. The van der Waals surface area contributed by atoms with Crippen LogP contribution in [-0.4, -0.2) is 12.1 Å². The number of hydrogen-bond acceptors (Lipinski definition) is 4. The molecule has 0 aliphatic carbocycles. The van der Waals surface area contributed by atoms with Gasteiger partial charge in [-0.15, -0.1) is 0 Å². The summed E-state index contributed by atoms with van der Waals surface area (Å²) in [6.45, 7) is 0. The Morgan fingerprint density at radius 2 is 1.88 bits per heavy atom. The van der Waals surface area contributed by atoms with E-state index in [9.17, 15) is 0 Å². The number of nitrogens with zero attached hydrogens (tertiary/aromatic N) is 1. The molecule has 0 saturated heterocycles. The molecule has 4 heteroatoms. The van der Waals surface area contributed by atoms with E-state index >= 15 is 0 Å². The number of benzene rings is 1. The zero-order valence-electron chi connectivity index (χ0n) is 8.97. The third-order valence-electron chi connectivity index (χ3n) is 2.13. The second kappa shape index (κ2) is 4.53. The van der Waals surface area contributed by atoms with Gasteiger partial charge in [0.25, 0.3) is 0 Å². The lowest BCUT2D eigenvalue weighted by atomic mass is 10.3. The second-order valence-electron chi connectivity index (χ2n) is 3.30. The number of ether oxygens (including phenoxy) is 1. The highest BCUT2D eigenvalue weighted by Gasteiger charge is 1.96. The zero-order valence-corrected chi connectivity index (χ0v) is 8.97. The fourth-order valence-electron chi connectivity index (χ4n) is 1.34. The number of pyridine rings is 1. The van der Waals surface area contributed by atoms with E-state index < -0.39 is 0 Å². The highest BCUT2D eigenvalue weighted by atomic mass is 16.5. The molecular formula is C12H13N3O. The minimum Gasteiger partial charge on any atom is -0.497 e. The number of nitrogens with one attached hydrogen (secondary N) is 1. The van der Waals surface area contributed by atoms with Gasteiger partial charge in [0.05, 0.1) is 7.11 Å². The summed E-state index contributed by atoms with van der Waals surface area (Å²) < 4.78 is 5.08. The standard InChI is InChI=1S/C12H13N3O/c1-16-10-7-5-9(6-8-10)14-12-4-2-3-11(13)15-12/h2-8H,1H3,(H3,13,14,15). The molecule has 1 heterocycles. The molecule has 1 aromatic carbocycles. The highest BCUT2D eigenvalue weighted by molar-refractivity contribution is 5.58. The molecule has 0 unspecified atom stereocenters. The normalized spacial score (nSPS) is 9.81. The summed E-state index contributed by atoms with van der Waals surface area (Å²) >= 11 is 0. The van der Waals surface area contributed by atoms with Gasteiger partial charge in [-0.2, -0.15) is 0 Å². The van der Waals surface area contributed by atoms with Crippen LogP contribution in [0.5, 0.6) is 5.75 Å². The molecule has 0 spiro atoms. The molecule has 0 saturated carbocycles. The van der Waals surface area contributed by atoms with Crippen molar-refractivity contribution in [2.75, 3.05) is 18.2 Å². The van der Waals surface area contributed by atoms with Crippen LogP contribution in [0.25, 0.3) is 0 Å². The number of nitrogens with two attached hydrogens (primary N) is 1. The molecule has 0 radical (unpaired) electrons. The van der Waals surface area contributed by atoms with Gasteiger partial charge in [-0.1, -0.05) is 6.07 Å². The molecule has 3 N–H and O–H groups in total. The van der Waals surface area contributed by atoms with Crippen LogP contribution in [0.4, 0.5) is 17.3 Å². The minimum absolute atomic E-state index is 0.499. The van der Waals surface area contributed by atoms with Gasteiger partial charge in [0.15, 0.2) is 0 Å². The van der Waals surface area contributed by atoms with Crippen molar-refractivity contribution in [1.82, 2.24) is 4.98 Å². The van der Waals surface area contributed by atoms with Gasteiger partial charge in [-0.05, 0) is 36.4 Å². The Balaban J connectivity index is 2.14. The Hall–Kier alpha value is -2.23. The summed E-state index contributed by atoms with van der Waals surface area (Å²) in [5, 5.41) is 3.15. The molecule has 4 nitrogen and oxygen atoms in total. The number of hydrogen-bond donors (Lipinski definition) is 2. The first-order chi connectivity index (χ1) is 7.78. The summed E-state index contributed by atoms with van der Waals surface area (Å²) in [5.74, 6) is 2.05. The van der Waals surface area contributed by atoms with E-state index in [1.807, 2.05) is 36.4 Å². The van der Waals surface area contributed by atoms with Crippen molar-refractivity contribution in [1.29, 1.82) is 0 Å². The van der Waals surface area contributed by atoms with Gasteiger partial charge in [0, 0.05) is 5.69 Å². The maximum atomic E-state index is 5.59. The molecule has 16 heavy (non-hydrogen) atoms. The molecule has 0 atom stereocenters. The fraction of sp³-hybridized carbons (Fsp3) is 0.0833. The Labute approximate surface area is 94.1 Å². The summed E-state index contributed by atoms with van der Waals surface area (Å²) in [5.41, 5.74) is 6.53. The van der Waals surface area contributed by atoms with E-state index in [2.05, 4.69) is 10.3 Å². The first-order valence-corrected chi connectivity index (χ1v) is 4.91. The summed E-state index contributed by atoms with van der Waals surface area (Å²) in [6, 6.07) is 13.1. The van der Waals surface area contributed by atoms with Crippen LogP contribution in [0.2, 0.25) is 0 Å². The third-order valence-corrected chi connectivity index (χ3v) is 2.13. The maximum Gasteiger partial charge on any atom is 0.132 e. The Morgan fingerprint density at radius 3 is 2.50 bits per heavy atom. The average Bonchev–Trinajstić information content (AvgIpc) is 2.30. The molecule has 0 amide bonds. The van der Waals surface area contributed by atoms with E-state index in [0.29, 0.717) is 5.82 Å². The number of aromatic nitrogens is 1. The van der Waals surface area contributed by atoms with Crippen LogP contribution in [0.15, 0.2) is 42.5 Å². The average molecular weight is 215 g/mol. The van der Waals surface area contributed by atoms with Gasteiger partial charge in [0.1, 0.15) is 17.4 Å². The number of anilines is 3. The fourth-order valence-corrected chi connectivity index (χ4v) is 1.34. The molecule has 0 fully saturated rings. The van der Waals surface area contributed by atoms with Crippen molar-refractivity contribution < 1.29 is 4.74 Å². The molecular weight excluding hydrogens is 202 g/mol. The van der Waals surface area contributed by atoms with Crippen molar-refractivity contribution in [2.45, 2.75) is 0 Å². The lowest BCUT2D eigenvalue weighted by Gasteiger charge is -2.06. The Kier molecular flexibility index (Phi) is 2.91. The van der Waals surface area contributed by atoms with E-state index in [0.717, 1.165) is 17.3 Å². The van der Waals surface area contributed by atoms with E-state index in [1.54, 1.807) is 13.2 Å². The van der Waals surface area contributed by atoms with Crippen LogP contribution in [-0.2, 0) is 0 Å². The van der Waals surface area contributed by atoms with Gasteiger partial charge < -0.3 is 15.8 Å². The first-order valence-electron chi connectivity index (χ1n) is 4.91. The first kappa shape index (κ1) is 10.3. The third kappa shape index (κ3) is 2.42. The van der Waals surface area contributed by atoms with Gasteiger partial charge >= 0.3 is 0 Å². The molecule has 2 rings (SSSR count). The number of nitrogen functional groups attached to an aromatic ring is 1. The summed E-state index contributed by atoms with van der Waals surface area (Å²) in [7, 11) is 1.64. The Morgan fingerprint density at radius 1 is 1.12 bits per heavy atom. The zero-order chi connectivity index (χ0) is 11.4. The van der Waals surface area contributed by atoms with Crippen molar-refractivity contribution >= 4 is 17.3 Å². The van der Waals surface area contributed by atoms with Crippen molar-refractivity contribution in [3.05, 3.63) is 42.5 Å². The minimum atomic E-state index is 0.499. The summed E-state index contributed by atoms with van der Waals surface area (Å²) in [4.78, 5) is 4.15. The van der Waals surface area contributed by atoms with Crippen LogP contribution in [0.3, 0.4) is 0 Å². The maximum absolute atomic E-state index is 5.59. The Bertz CT molecular complexity index is 468. The molecule has 0 aliphatic rings. The molecule has 2 aromatic rings. The van der Waals surface area contributed by atoms with Crippen LogP contribution >= 0.6 is 0 Å². The predicted octanol–water partition coefficient (Wildman–Crippen LogP) is 2.42. The highest BCUT2D eigenvalue weighted by Crippen LogP contribution is 2.18. The molecule has 1 aromatic heterocycles. The van der Waals surface area contributed by atoms with E-state index in [-0.39, 0.29) is 0 Å². The van der Waals surface area contributed by atoms with Gasteiger partial charge in [-0.25, -0.2) is 4.98 Å². The number of rotatable bonds is 3. The van der Waals surface area contributed by atoms with Crippen LogP contribution in [0.1, 0.15) is 0 Å². The predicted molar refractivity (Wildman–Crippen MR) is 64.9 cm³/mol. The quantitative estimate of drug-likeness (QED) is 0.825. The van der Waals surface area contributed by atoms with E-state index in [4.69, 9.17) is 10.5 Å². The molecule has 82 valence electrons. The summed E-state index contributed by atoms with van der Waals surface area (Å²) in [6.07, 6.45) is 0. The van der Waals surface area contributed by atoms with Crippen molar-refractivity contribution in [3.63, 3.8) is 0 Å². The molecule has 0 bridgehead atoms. The van der Waals surface area contributed by atoms with Gasteiger partial charge in [-0.3, -0.25) is 0 Å². The number of methoxy groups -OCH3 is 1. The van der Waals surface area contributed by atoms with Gasteiger partial charge in [0.2, 0.25) is 0 Å². The monoisotopic (exact) mass is 215 g/mol. The van der Waals surface area contributed by atoms with Crippen LogP contribution in [0, 0.1) is 0 Å². The topological polar surface area (TPSA) is 60.2 Å². The second-order valence-corrected chi connectivity index (χ2v) is 3.30. The lowest BCUT2D eigenvalue weighted by Crippen LogP contribution is -1.96. The smallest absolute Gasteiger partial charge is 0.132 e. The largest absolute Gasteiger partial charge is 0.497 e. The SMILES string of the molecule is COc1ccc(Nc2cccc(N)n2)cc1. The van der Waals surface area contributed by atoms with E-state index in [1.165, 1.54) is 0 Å². The lowest BCUT2D eigenvalue weighted by molar-refractivity contribution is 0.415. The van der Waals surface area contributed by atoms with Crippen molar-refractivity contribution in [2.24, 2.45) is 0 Å².